The molecule has 0 amide bonds. The van der Waals surface area contributed by atoms with Gasteiger partial charge in [-0.25, -0.2) is 9.37 Å². The Morgan fingerprint density at radius 2 is 2.25 bits per heavy atom. The largest absolute Gasteiger partial charge is 0.493 e. The van der Waals surface area contributed by atoms with E-state index in [9.17, 15) is 9.18 Å². The molecule has 0 saturated carbocycles. The monoisotopic (exact) mass is 219 g/mol. The Morgan fingerprint density at radius 3 is 2.94 bits per heavy atom. The van der Waals surface area contributed by atoms with Crippen molar-refractivity contribution in [1.29, 1.82) is 0 Å². The highest BCUT2D eigenvalue weighted by Crippen LogP contribution is 2.25. The smallest absolute Gasteiger partial charge is 0.168 e. The highest BCUT2D eigenvalue weighted by Gasteiger charge is 2.07. The van der Waals surface area contributed by atoms with Crippen LogP contribution in [0.3, 0.4) is 0 Å². The third kappa shape index (κ3) is 1.86. The molecule has 0 bridgehead atoms. The van der Waals surface area contributed by atoms with Crippen molar-refractivity contribution >= 4 is 17.2 Å². The van der Waals surface area contributed by atoms with Crippen LogP contribution < -0.4 is 4.74 Å². The lowest BCUT2D eigenvalue weighted by atomic mass is 10.2. The third-order valence-electron chi connectivity index (χ3n) is 2.17. The maximum atomic E-state index is 13.1. The summed E-state index contributed by atoms with van der Waals surface area (Å²) in [6, 6.07) is 5.69. The van der Waals surface area contributed by atoms with Crippen molar-refractivity contribution in [3.63, 3.8) is 0 Å². The fourth-order valence-electron chi connectivity index (χ4n) is 1.52. The molecular weight excluding hydrogens is 209 g/mol. The van der Waals surface area contributed by atoms with Crippen molar-refractivity contribution in [2.24, 2.45) is 0 Å². The number of carbonyl (C=O) groups excluding carboxylic acids is 1. The van der Waals surface area contributed by atoms with E-state index in [2.05, 4.69) is 4.98 Å². The average Bonchev–Trinajstić information content (AvgIpc) is 2.30. The van der Waals surface area contributed by atoms with Crippen molar-refractivity contribution in [2.75, 3.05) is 6.61 Å². The van der Waals surface area contributed by atoms with Gasteiger partial charge in [0, 0.05) is 11.5 Å². The van der Waals surface area contributed by atoms with Gasteiger partial charge in [-0.2, -0.15) is 0 Å². The van der Waals surface area contributed by atoms with Crippen LogP contribution in [-0.4, -0.2) is 17.9 Å². The number of rotatable bonds is 3. The van der Waals surface area contributed by atoms with Crippen LogP contribution in [-0.2, 0) is 0 Å². The molecule has 2 rings (SSSR count). The first-order valence-corrected chi connectivity index (χ1v) is 4.93. The van der Waals surface area contributed by atoms with E-state index in [-0.39, 0.29) is 11.5 Å². The zero-order valence-electron chi connectivity index (χ0n) is 8.74. The lowest BCUT2D eigenvalue weighted by Crippen LogP contribution is -1.97. The van der Waals surface area contributed by atoms with Gasteiger partial charge in [-0.1, -0.05) is 0 Å². The number of halogens is 1. The SMILES string of the molecule is CCOc1cc(C=O)nc2ccc(F)cc12. The zero-order chi connectivity index (χ0) is 11.5. The Balaban J connectivity index is 2.71. The van der Waals surface area contributed by atoms with E-state index in [0.29, 0.717) is 29.5 Å². The first kappa shape index (κ1) is 10.5. The lowest BCUT2D eigenvalue weighted by Gasteiger charge is -2.07. The molecule has 82 valence electrons. The van der Waals surface area contributed by atoms with Crippen LogP contribution in [0.1, 0.15) is 17.4 Å². The van der Waals surface area contributed by atoms with Gasteiger partial charge in [0.05, 0.1) is 12.1 Å². The fourth-order valence-corrected chi connectivity index (χ4v) is 1.52. The summed E-state index contributed by atoms with van der Waals surface area (Å²) < 4.78 is 18.4. The molecule has 0 fully saturated rings. The molecule has 4 heteroatoms. The second-order valence-corrected chi connectivity index (χ2v) is 3.26. The van der Waals surface area contributed by atoms with Crippen molar-refractivity contribution < 1.29 is 13.9 Å². The van der Waals surface area contributed by atoms with E-state index in [1.165, 1.54) is 24.3 Å². The molecule has 0 radical (unpaired) electrons. The Morgan fingerprint density at radius 1 is 1.44 bits per heavy atom. The Hall–Kier alpha value is -1.97. The average molecular weight is 219 g/mol. The molecule has 0 saturated heterocycles. The van der Waals surface area contributed by atoms with Crippen LogP contribution in [0.2, 0.25) is 0 Å². The highest BCUT2D eigenvalue weighted by molar-refractivity contribution is 5.88. The third-order valence-corrected chi connectivity index (χ3v) is 2.17. The molecule has 0 N–H and O–H groups in total. The number of hydrogen-bond donors (Lipinski definition) is 0. The van der Waals surface area contributed by atoms with E-state index in [1.54, 1.807) is 0 Å². The summed E-state index contributed by atoms with van der Waals surface area (Å²) in [7, 11) is 0. The summed E-state index contributed by atoms with van der Waals surface area (Å²) in [5.74, 6) is 0.128. The van der Waals surface area contributed by atoms with Gasteiger partial charge in [-0.05, 0) is 25.1 Å². The highest BCUT2D eigenvalue weighted by atomic mass is 19.1. The molecule has 0 atom stereocenters. The van der Waals surface area contributed by atoms with Gasteiger partial charge in [-0.3, -0.25) is 4.79 Å². The molecule has 2 aromatic rings. The summed E-state index contributed by atoms with van der Waals surface area (Å²) in [5.41, 5.74) is 0.831. The second kappa shape index (κ2) is 4.26. The Kier molecular flexibility index (Phi) is 2.81. The summed E-state index contributed by atoms with van der Waals surface area (Å²) >= 11 is 0. The summed E-state index contributed by atoms with van der Waals surface area (Å²) in [5, 5.41) is 0.576. The first-order chi connectivity index (χ1) is 7.74. The standard InChI is InChI=1S/C12H10FNO2/c1-2-16-12-6-9(7-15)14-11-4-3-8(13)5-10(11)12/h3-7H,2H2,1H3. The maximum Gasteiger partial charge on any atom is 0.168 e. The van der Waals surface area contributed by atoms with Gasteiger partial charge in [0.25, 0.3) is 0 Å². The number of aldehydes is 1. The number of nitrogens with zero attached hydrogens (tertiary/aromatic N) is 1. The van der Waals surface area contributed by atoms with Gasteiger partial charge in [0.1, 0.15) is 17.3 Å². The summed E-state index contributed by atoms with van der Waals surface area (Å²) in [6.45, 7) is 2.28. The Labute approximate surface area is 91.9 Å². The summed E-state index contributed by atoms with van der Waals surface area (Å²) in [4.78, 5) is 14.7. The van der Waals surface area contributed by atoms with Crippen molar-refractivity contribution in [1.82, 2.24) is 4.98 Å². The topological polar surface area (TPSA) is 39.2 Å². The number of aromatic nitrogens is 1. The zero-order valence-corrected chi connectivity index (χ0v) is 8.74. The van der Waals surface area contributed by atoms with E-state index < -0.39 is 0 Å². The molecular formula is C12H10FNO2. The quantitative estimate of drug-likeness (QED) is 0.745. The molecule has 0 aliphatic heterocycles. The molecule has 0 unspecified atom stereocenters. The molecule has 16 heavy (non-hydrogen) atoms. The molecule has 3 nitrogen and oxygen atoms in total. The molecule has 0 aliphatic rings. The minimum absolute atomic E-state index is 0.280. The van der Waals surface area contributed by atoms with E-state index in [0.717, 1.165) is 0 Å². The van der Waals surface area contributed by atoms with Gasteiger partial charge in [-0.15, -0.1) is 0 Å². The van der Waals surface area contributed by atoms with Crippen molar-refractivity contribution in [3.05, 3.63) is 35.8 Å². The van der Waals surface area contributed by atoms with Gasteiger partial charge >= 0.3 is 0 Å². The number of carbonyl (C=O) groups is 1. The lowest BCUT2D eigenvalue weighted by molar-refractivity contribution is 0.111. The number of ether oxygens (including phenoxy) is 1. The minimum atomic E-state index is -0.353. The molecule has 1 aromatic carbocycles. The van der Waals surface area contributed by atoms with Crippen LogP contribution in [0, 0.1) is 5.82 Å². The fraction of sp³-hybridized carbons (Fsp3) is 0.167. The number of pyridine rings is 1. The van der Waals surface area contributed by atoms with Crippen LogP contribution in [0.5, 0.6) is 5.75 Å². The van der Waals surface area contributed by atoms with Crippen molar-refractivity contribution in [2.45, 2.75) is 6.92 Å². The van der Waals surface area contributed by atoms with E-state index in [4.69, 9.17) is 4.74 Å². The second-order valence-electron chi connectivity index (χ2n) is 3.26. The number of fused-ring (bicyclic) bond motifs is 1. The van der Waals surface area contributed by atoms with Gasteiger partial charge < -0.3 is 4.74 Å². The normalized spacial score (nSPS) is 10.4. The van der Waals surface area contributed by atoms with Gasteiger partial charge in [0.2, 0.25) is 0 Å². The molecule has 1 heterocycles. The number of benzene rings is 1. The van der Waals surface area contributed by atoms with Crippen LogP contribution in [0.25, 0.3) is 10.9 Å². The molecule has 1 aromatic heterocycles. The van der Waals surface area contributed by atoms with E-state index in [1.807, 2.05) is 6.92 Å². The minimum Gasteiger partial charge on any atom is -0.493 e. The molecule has 0 aliphatic carbocycles. The van der Waals surface area contributed by atoms with Crippen LogP contribution >= 0.6 is 0 Å². The van der Waals surface area contributed by atoms with Gasteiger partial charge in [0.15, 0.2) is 6.29 Å². The van der Waals surface area contributed by atoms with Crippen LogP contribution in [0.4, 0.5) is 4.39 Å². The maximum absolute atomic E-state index is 13.1. The number of hydrogen-bond acceptors (Lipinski definition) is 3. The van der Waals surface area contributed by atoms with Crippen LogP contribution in [0.15, 0.2) is 24.3 Å². The molecule has 0 spiro atoms. The predicted octanol–water partition coefficient (Wildman–Crippen LogP) is 2.59. The first-order valence-electron chi connectivity index (χ1n) is 4.93. The van der Waals surface area contributed by atoms with E-state index >= 15 is 0 Å². The van der Waals surface area contributed by atoms with Crippen molar-refractivity contribution in [3.8, 4) is 5.75 Å². The summed E-state index contributed by atoms with van der Waals surface area (Å²) in [6.07, 6.45) is 0.644. The predicted molar refractivity (Wildman–Crippen MR) is 58.3 cm³/mol. The Bertz CT molecular complexity index is 540.